The molecule has 0 saturated carbocycles. The van der Waals surface area contributed by atoms with E-state index in [1.807, 2.05) is 18.2 Å². The molecule has 24 heavy (non-hydrogen) atoms. The minimum Gasteiger partial charge on any atom is -0.493 e. The fraction of sp³-hybridized carbons (Fsp3) is 0.294. The van der Waals surface area contributed by atoms with Gasteiger partial charge >= 0.3 is 0 Å². The highest BCUT2D eigenvalue weighted by atomic mass is 79.9. The fourth-order valence-corrected chi connectivity index (χ4v) is 3.01. The van der Waals surface area contributed by atoms with Crippen LogP contribution in [0.5, 0.6) is 11.5 Å². The van der Waals surface area contributed by atoms with Crippen molar-refractivity contribution in [2.45, 2.75) is 13.2 Å². The number of aliphatic hydroxyl groups is 1. The molecule has 130 valence electrons. The van der Waals surface area contributed by atoms with Gasteiger partial charge in [-0.2, -0.15) is 0 Å². The summed E-state index contributed by atoms with van der Waals surface area (Å²) in [6.45, 7) is 1.54. The van der Waals surface area contributed by atoms with Gasteiger partial charge in [-0.25, -0.2) is 0 Å². The van der Waals surface area contributed by atoms with E-state index in [9.17, 15) is 0 Å². The molecule has 0 bridgehead atoms. The molecule has 0 heterocycles. The lowest BCUT2D eigenvalue weighted by atomic mass is 10.2. The Morgan fingerprint density at radius 1 is 1.12 bits per heavy atom. The molecule has 0 aromatic heterocycles. The standard InChI is InChI=1S/C17H18BrCl2NO3/c1-23-16-6-12(9-21-4-5-22)14(18)8-17(16)24-10-11-2-3-13(19)7-15(11)20/h2-3,6-8,21-22H,4-5,9-10H2,1H3. The Morgan fingerprint density at radius 2 is 1.92 bits per heavy atom. The predicted molar refractivity (Wildman–Crippen MR) is 100 cm³/mol. The van der Waals surface area contributed by atoms with Gasteiger partial charge < -0.3 is 19.9 Å². The van der Waals surface area contributed by atoms with Crippen molar-refractivity contribution in [1.29, 1.82) is 0 Å². The number of aliphatic hydroxyl groups excluding tert-OH is 1. The molecule has 2 aromatic rings. The van der Waals surface area contributed by atoms with Crippen LogP contribution >= 0.6 is 39.1 Å². The van der Waals surface area contributed by atoms with Gasteiger partial charge in [0.05, 0.1) is 13.7 Å². The lowest BCUT2D eigenvalue weighted by Gasteiger charge is -2.15. The number of nitrogens with one attached hydrogen (secondary N) is 1. The second-order valence-electron chi connectivity index (χ2n) is 5.02. The van der Waals surface area contributed by atoms with Gasteiger partial charge in [0.1, 0.15) is 6.61 Å². The predicted octanol–water partition coefficient (Wildman–Crippen LogP) is 4.43. The van der Waals surface area contributed by atoms with Crippen LogP contribution in [-0.4, -0.2) is 25.4 Å². The molecule has 2 rings (SSSR count). The van der Waals surface area contributed by atoms with E-state index in [1.54, 1.807) is 19.2 Å². The van der Waals surface area contributed by atoms with Crippen molar-refractivity contribution < 1.29 is 14.6 Å². The normalized spacial score (nSPS) is 10.7. The van der Waals surface area contributed by atoms with Crippen LogP contribution in [-0.2, 0) is 13.2 Å². The molecule has 0 radical (unpaired) electrons. The first-order chi connectivity index (χ1) is 11.5. The van der Waals surface area contributed by atoms with Gasteiger partial charge in [0.15, 0.2) is 11.5 Å². The van der Waals surface area contributed by atoms with Crippen LogP contribution in [0.2, 0.25) is 10.0 Å². The number of methoxy groups -OCH3 is 1. The number of hydrogen-bond donors (Lipinski definition) is 2. The molecule has 4 nitrogen and oxygen atoms in total. The van der Waals surface area contributed by atoms with Crippen molar-refractivity contribution in [2.75, 3.05) is 20.3 Å². The Kier molecular flexibility index (Phi) is 7.65. The molecule has 0 fully saturated rings. The summed E-state index contributed by atoms with van der Waals surface area (Å²) in [6.07, 6.45) is 0. The zero-order valence-electron chi connectivity index (χ0n) is 13.1. The maximum atomic E-state index is 8.84. The third-order valence-electron chi connectivity index (χ3n) is 3.33. The lowest BCUT2D eigenvalue weighted by molar-refractivity contribution is 0.283. The summed E-state index contributed by atoms with van der Waals surface area (Å²) in [5, 5.41) is 13.1. The molecule has 0 atom stereocenters. The van der Waals surface area contributed by atoms with Crippen molar-refractivity contribution in [3.63, 3.8) is 0 Å². The van der Waals surface area contributed by atoms with Crippen molar-refractivity contribution in [1.82, 2.24) is 5.32 Å². The largest absolute Gasteiger partial charge is 0.493 e. The smallest absolute Gasteiger partial charge is 0.162 e. The van der Waals surface area contributed by atoms with Gasteiger partial charge in [-0.1, -0.05) is 45.2 Å². The van der Waals surface area contributed by atoms with Gasteiger partial charge in [-0.05, 0) is 29.8 Å². The van der Waals surface area contributed by atoms with Crippen LogP contribution < -0.4 is 14.8 Å². The molecule has 0 amide bonds. The summed E-state index contributed by atoms with van der Waals surface area (Å²) in [4.78, 5) is 0. The van der Waals surface area contributed by atoms with Crippen molar-refractivity contribution >= 4 is 39.1 Å². The highest BCUT2D eigenvalue weighted by molar-refractivity contribution is 9.10. The average molecular weight is 435 g/mol. The van der Waals surface area contributed by atoms with E-state index in [0.29, 0.717) is 41.2 Å². The highest BCUT2D eigenvalue weighted by Crippen LogP contribution is 2.34. The lowest BCUT2D eigenvalue weighted by Crippen LogP contribution is -2.17. The Balaban J connectivity index is 2.13. The molecule has 2 aromatic carbocycles. The number of rotatable bonds is 8. The van der Waals surface area contributed by atoms with Crippen molar-refractivity contribution in [3.05, 3.63) is 56.0 Å². The number of ether oxygens (including phenoxy) is 2. The summed E-state index contributed by atoms with van der Waals surface area (Å²) in [6, 6.07) is 9.05. The summed E-state index contributed by atoms with van der Waals surface area (Å²) in [5.74, 6) is 1.24. The zero-order valence-corrected chi connectivity index (χ0v) is 16.2. The van der Waals surface area contributed by atoms with Crippen molar-refractivity contribution in [3.8, 4) is 11.5 Å². The van der Waals surface area contributed by atoms with Crippen LogP contribution in [0.25, 0.3) is 0 Å². The topological polar surface area (TPSA) is 50.7 Å². The maximum absolute atomic E-state index is 8.84. The summed E-state index contributed by atoms with van der Waals surface area (Å²) in [7, 11) is 1.59. The second kappa shape index (κ2) is 9.49. The van der Waals surface area contributed by atoms with Gasteiger partial charge in [0, 0.05) is 33.2 Å². The molecule has 0 saturated heterocycles. The zero-order chi connectivity index (χ0) is 17.5. The van der Waals surface area contributed by atoms with E-state index in [-0.39, 0.29) is 6.61 Å². The molecule has 2 N–H and O–H groups in total. The first-order valence-electron chi connectivity index (χ1n) is 7.30. The summed E-state index contributed by atoms with van der Waals surface area (Å²) in [5.41, 5.74) is 1.85. The monoisotopic (exact) mass is 433 g/mol. The van der Waals surface area contributed by atoms with E-state index < -0.39 is 0 Å². The minimum absolute atomic E-state index is 0.0950. The van der Waals surface area contributed by atoms with Gasteiger partial charge in [-0.15, -0.1) is 0 Å². The van der Waals surface area contributed by atoms with E-state index >= 15 is 0 Å². The third kappa shape index (κ3) is 5.26. The van der Waals surface area contributed by atoms with Gasteiger partial charge in [0.25, 0.3) is 0 Å². The maximum Gasteiger partial charge on any atom is 0.162 e. The fourth-order valence-electron chi connectivity index (χ4n) is 2.08. The molecule has 0 aliphatic carbocycles. The Hall–Kier alpha value is -0.980. The summed E-state index contributed by atoms with van der Waals surface area (Å²) >= 11 is 15.6. The quantitative estimate of drug-likeness (QED) is 0.603. The molecule has 0 unspecified atom stereocenters. The van der Waals surface area contributed by atoms with Gasteiger partial charge in [0.2, 0.25) is 0 Å². The van der Waals surface area contributed by atoms with Crippen LogP contribution in [0.1, 0.15) is 11.1 Å². The van der Waals surface area contributed by atoms with Crippen LogP contribution in [0.15, 0.2) is 34.8 Å². The minimum atomic E-state index is 0.0950. The van der Waals surface area contributed by atoms with E-state index in [4.69, 9.17) is 37.8 Å². The molecule has 0 aliphatic heterocycles. The Bertz CT molecular complexity index is 698. The average Bonchev–Trinajstić information content (AvgIpc) is 2.56. The van der Waals surface area contributed by atoms with Crippen LogP contribution in [0, 0.1) is 0 Å². The first-order valence-corrected chi connectivity index (χ1v) is 8.84. The number of benzene rings is 2. The molecule has 0 aliphatic rings. The third-order valence-corrected chi connectivity index (χ3v) is 4.66. The molecular formula is C17H18BrCl2NO3. The number of halogens is 3. The van der Waals surface area contributed by atoms with E-state index in [0.717, 1.165) is 15.6 Å². The Morgan fingerprint density at radius 3 is 2.58 bits per heavy atom. The van der Waals surface area contributed by atoms with E-state index in [1.165, 1.54) is 0 Å². The second-order valence-corrected chi connectivity index (χ2v) is 6.72. The highest BCUT2D eigenvalue weighted by Gasteiger charge is 2.11. The molecule has 7 heteroatoms. The SMILES string of the molecule is COc1cc(CNCCO)c(Br)cc1OCc1ccc(Cl)cc1Cl. The van der Waals surface area contributed by atoms with Crippen LogP contribution in [0.3, 0.4) is 0 Å². The van der Waals surface area contributed by atoms with Crippen molar-refractivity contribution in [2.24, 2.45) is 0 Å². The molecule has 0 spiro atoms. The number of hydrogen-bond acceptors (Lipinski definition) is 4. The first kappa shape index (κ1) is 19.3. The summed E-state index contributed by atoms with van der Waals surface area (Å²) < 4.78 is 12.2. The van der Waals surface area contributed by atoms with Crippen LogP contribution in [0.4, 0.5) is 0 Å². The van der Waals surface area contributed by atoms with E-state index in [2.05, 4.69) is 21.2 Å². The Labute approximate surface area is 159 Å². The molecular weight excluding hydrogens is 417 g/mol. The van der Waals surface area contributed by atoms with Gasteiger partial charge in [-0.3, -0.25) is 0 Å².